The van der Waals surface area contributed by atoms with E-state index in [0.717, 1.165) is 10.0 Å². The van der Waals surface area contributed by atoms with Crippen molar-refractivity contribution in [3.8, 4) is 17.2 Å². The van der Waals surface area contributed by atoms with Crippen molar-refractivity contribution in [2.75, 3.05) is 0 Å². The van der Waals surface area contributed by atoms with Crippen LogP contribution < -0.4 is 0 Å². The number of nitrogens with zero attached hydrogens (tertiary/aromatic N) is 2. The van der Waals surface area contributed by atoms with Gasteiger partial charge in [-0.15, -0.1) is 0 Å². The number of nitro groups is 1. The highest BCUT2D eigenvalue weighted by Crippen LogP contribution is 2.27. The second-order valence-corrected chi connectivity index (χ2v) is 4.52. The lowest BCUT2D eigenvalue weighted by Crippen LogP contribution is -1.91. The molecule has 5 heteroatoms. The highest BCUT2D eigenvalue weighted by Gasteiger charge is 2.11. The minimum absolute atomic E-state index is 0.0765. The van der Waals surface area contributed by atoms with Crippen LogP contribution in [0.15, 0.2) is 46.9 Å². The van der Waals surface area contributed by atoms with E-state index in [4.69, 9.17) is 5.26 Å². The minimum Gasteiger partial charge on any atom is -0.258 e. The summed E-state index contributed by atoms with van der Waals surface area (Å²) in [6, 6.07) is 13.7. The molecule has 0 bridgehead atoms. The molecule has 0 spiro atoms. The lowest BCUT2D eigenvalue weighted by Gasteiger charge is -2.04. The summed E-state index contributed by atoms with van der Waals surface area (Å²) in [5.74, 6) is 0. The van der Waals surface area contributed by atoms with Crippen molar-refractivity contribution < 1.29 is 4.92 Å². The highest BCUT2D eigenvalue weighted by molar-refractivity contribution is 9.10. The van der Waals surface area contributed by atoms with Gasteiger partial charge in [0.15, 0.2) is 0 Å². The molecule has 2 aromatic rings. The van der Waals surface area contributed by atoms with E-state index in [1.807, 2.05) is 30.3 Å². The summed E-state index contributed by atoms with van der Waals surface area (Å²) in [6.45, 7) is 0. The van der Waals surface area contributed by atoms with Crippen LogP contribution in [0.4, 0.5) is 5.69 Å². The van der Waals surface area contributed by atoms with Crippen LogP contribution in [0.5, 0.6) is 0 Å². The van der Waals surface area contributed by atoms with Gasteiger partial charge in [0.1, 0.15) is 6.07 Å². The molecule has 2 aromatic carbocycles. The number of rotatable bonds is 2. The van der Waals surface area contributed by atoms with Gasteiger partial charge in [0.25, 0.3) is 5.69 Å². The van der Waals surface area contributed by atoms with Crippen molar-refractivity contribution in [2.45, 2.75) is 0 Å². The topological polar surface area (TPSA) is 66.9 Å². The molecule has 0 saturated heterocycles. The van der Waals surface area contributed by atoms with Crippen LogP contribution in [0.25, 0.3) is 11.1 Å². The first kappa shape index (κ1) is 12.3. The fraction of sp³-hybridized carbons (Fsp3) is 0. The predicted molar refractivity (Wildman–Crippen MR) is 70.9 cm³/mol. The van der Waals surface area contributed by atoms with Crippen molar-refractivity contribution >= 4 is 21.6 Å². The van der Waals surface area contributed by atoms with Gasteiger partial charge in [-0.2, -0.15) is 5.26 Å². The molecule has 0 amide bonds. The van der Waals surface area contributed by atoms with E-state index in [1.165, 1.54) is 12.1 Å². The molecule has 0 atom stereocenters. The molecule has 0 aliphatic rings. The number of nitro benzene ring substituents is 1. The average Bonchev–Trinajstić information content (AvgIpc) is 2.39. The maximum Gasteiger partial charge on any atom is 0.270 e. The molecule has 4 nitrogen and oxygen atoms in total. The van der Waals surface area contributed by atoms with E-state index in [1.54, 1.807) is 6.07 Å². The smallest absolute Gasteiger partial charge is 0.258 e. The number of halogens is 1. The molecule has 0 aliphatic heterocycles. The third kappa shape index (κ3) is 2.39. The molecule has 88 valence electrons. The first-order valence-electron chi connectivity index (χ1n) is 5.06. The van der Waals surface area contributed by atoms with Gasteiger partial charge in [-0.25, -0.2) is 0 Å². The van der Waals surface area contributed by atoms with Gasteiger partial charge in [0, 0.05) is 16.6 Å². The maximum atomic E-state index is 10.7. The van der Waals surface area contributed by atoms with Crippen LogP contribution in [0.1, 0.15) is 5.56 Å². The van der Waals surface area contributed by atoms with Gasteiger partial charge in [0.2, 0.25) is 0 Å². The Labute approximate surface area is 112 Å². The molecule has 0 N–H and O–H groups in total. The first-order chi connectivity index (χ1) is 8.61. The van der Waals surface area contributed by atoms with Crippen LogP contribution in [0.2, 0.25) is 0 Å². The molecule has 0 aliphatic carbocycles. The summed E-state index contributed by atoms with van der Waals surface area (Å²) >= 11 is 3.33. The minimum atomic E-state index is -0.508. The SMILES string of the molecule is N#Cc1cc([N+](=O)[O-])ccc1-c1ccc(Br)cc1. The first-order valence-corrected chi connectivity index (χ1v) is 5.85. The van der Waals surface area contributed by atoms with E-state index in [9.17, 15) is 10.1 Å². The van der Waals surface area contributed by atoms with Gasteiger partial charge in [-0.1, -0.05) is 28.1 Å². The standard InChI is InChI=1S/C13H7BrN2O2/c14-11-3-1-9(2-4-11)13-6-5-12(16(17)18)7-10(13)8-15/h1-7H. The molecule has 0 radical (unpaired) electrons. The van der Waals surface area contributed by atoms with Gasteiger partial charge < -0.3 is 0 Å². The lowest BCUT2D eigenvalue weighted by atomic mass is 10.00. The number of hydrogen-bond donors (Lipinski definition) is 0. The quantitative estimate of drug-likeness (QED) is 0.624. The summed E-state index contributed by atoms with van der Waals surface area (Å²) in [7, 11) is 0. The zero-order valence-electron chi connectivity index (χ0n) is 9.13. The summed E-state index contributed by atoms with van der Waals surface area (Å²) in [6.07, 6.45) is 0. The fourth-order valence-electron chi connectivity index (χ4n) is 1.62. The number of non-ortho nitro benzene ring substituents is 1. The third-order valence-corrected chi connectivity index (χ3v) is 3.02. The Morgan fingerprint density at radius 3 is 2.39 bits per heavy atom. The predicted octanol–water partition coefficient (Wildman–Crippen LogP) is 3.90. The van der Waals surface area contributed by atoms with Crippen LogP contribution in [-0.4, -0.2) is 4.92 Å². The zero-order chi connectivity index (χ0) is 13.1. The van der Waals surface area contributed by atoms with Crippen molar-refractivity contribution in [1.29, 1.82) is 5.26 Å². The lowest BCUT2D eigenvalue weighted by molar-refractivity contribution is -0.384. The Morgan fingerprint density at radius 1 is 1.17 bits per heavy atom. The molecule has 0 unspecified atom stereocenters. The summed E-state index contributed by atoms with van der Waals surface area (Å²) < 4.78 is 0.937. The molecular weight excluding hydrogens is 296 g/mol. The summed E-state index contributed by atoms with van der Waals surface area (Å²) in [5.41, 5.74) is 1.76. The summed E-state index contributed by atoms with van der Waals surface area (Å²) in [4.78, 5) is 10.1. The van der Waals surface area contributed by atoms with Crippen LogP contribution >= 0.6 is 15.9 Å². The van der Waals surface area contributed by atoms with Crippen molar-refractivity contribution in [1.82, 2.24) is 0 Å². The Morgan fingerprint density at radius 2 is 1.83 bits per heavy atom. The van der Waals surface area contributed by atoms with E-state index < -0.39 is 4.92 Å². The molecule has 2 rings (SSSR count). The fourth-order valence-corrected chi connectivity index (χ4v) is 1.88. The molecule has 18 heavy (non-hydrogen) atoms. The summed E-state index contributed by atoms with van der Waals surface area (Å²) in [5, 5.41) is 19.7. The Hall–Kier alpha value is -2.19. The van der Waals surface area contributed by atoms with Crippen molar-refractivity contribution in [2.24, 2.45) is 0 Å². The number of nitriles is 1. The van der Waals surface area contributed by atoms with Crippen LogP contribution in [-0.2, 0) is 0 Å². The van der Waals surface area contributed by atoms with Crippen molar-refractivity contribution in [3.05, 3.63) is 62.6 Å². The number of benzene rings is 2. The Kier molecular flexibility index (Phi) is 3.40. The van der Waals surface area contributed by atoms with E-state index in [2.05, 4.69) is 15.9 Å². The van der Waals surface area contributed by atoms with Gasteiger partial charge in [0.05, 0.1) is 10.5 Å². The monoisotopic (exact) mass is 302 g/mol. The van der Waals surface area contributed by atoms with Gasteiger partial charge in [-0.05, 0) is 29.3 Å². The van der Waals surface area contributed by atoms with Crippen LogP contribution in [0.3, 0.4) is 0 Å². The van der Waals surface area contributed by atoms with E-state index >= 15 is 0 Å². The van der Waals surface area contributed by atoms with Crippen molar-refractivity contribution in [3.63, 3.8) is 0 Å². The molecule has 0 fully saturated rings. The van der Waals surface area contributed by atoms with E-state index in [0.29, 0.717) is 11.1 Å². The second-order valence-electron chi connectivity index (χ2n) is 3.61. The normalized spacial score (nSPS) is 9.78. The zero-order valence-corrected chi connectivity index (χ0v) is 10.7. The molecular formula is C13H7BrN2O2. The van der Waals surface area contributed by atoms with Gasteiger partial charge >= 0.3 is 0 Å². The Balaban J connectivity index is 2.55. The van der Waals surface area contributed by atoms with Crippen LogP contribution in [0, 0.1) is 21.4 Å². The Bertz CT molecular complexity index is 645. The van der Waals surface area contributed by atoms with Gasteiger partial charge in [-0.3, -0.25) is 10.1 Å². The highest BCUT2D eigenvalue weighted by atomic mass is 79.9. The second kappa shape index (κ2) is 4.98. The molecule has 0 heterocycles. The maximum absolute atomic E-state index is 10.7. The average molecular weight is 303 g/mol. The third-order valence-electron chi connectivity index (χ3n) is 2.49. The largest absolute Gasteiger partial charge is 0.270 e. The number of hydrogen-bond acceptors (Lipinski definition) is 3. The molecule has 0 aromatic heterocycles. The molecule has 0 saturated carbocycles. The van der Waals surface area contributed by atoms with E-state index in [-0.39, 0.29) is 5.69 Å².